The average molecular weight is 226 g/mol. The van der Waals surface area contributed by atoms with Crippen molar-refractivity contribution >= 4 is 27.6 Å². The van der Waals surface area contributed by atoms with Crippen LogP contribution in [0.3, 0.4) is 0 Å². The molecule has 0 aromatic heterocycles. The van der Waals surface area contributed by atoms with Crippen molar-refractivity contribution in [1.82, 2.24) is 0 Å². The molecule has 0 aliphatic carbocycles. The van der Waals surface area contributed by atoms with Crippen molar-refractivity contribution in [2.75, 3.05) is 13.2 Å². The minimum Gasteiger partial charge on any atom is -0.466 e. The van der Waals surface area contributed by atoms with E-state index >= 15 is 0 Å². The summed E-state index contributed by atoms with van der Waals surface area (Å²) in [6.45, 7) is 4.37. The third kappa shape index (κ3) is 5.83. The van der Waals surface area contributed by atoms with Crippen LogP contribution >= 0.6 is 0 Å². The largest absolute Gasteiger partial charge is 0.466 e. The smallest absolute Gasteiger partial charge is 0.300 e. The Morgan fingerprint density at radius 3 is 1.50 bits per heavy atom. The topological polar surface area (TPSA) is 52.6 Å². The summed E-state index contributed by atoms with van der Waals surface area (Å²) in [6, 6.07) is 0. The van der Waals surface area contributed by atoms with E-state index in [1.807, 2.05) is 15.7 Å². The summed E-state index contributed by atoms with van der Waals surface area (Å²) >= 11 is 0. The maximum absolute atomic E-state index is 11.3. The van der Waals surface area contributed by atoms with Gasteiger partial charge in [0.25, 0.3) is 0 Å². The van der Waals surface area contributed by atoms with Crippen LogP contribution in [0.2, 0.25) is 11.6 Å². The molecule has 4 nitrogen and oxygen atoms in total. The van der Waals surface area contributed by atoms with Crippen LogP contribution in [0, 0.1) is 0 Å². The molecule has 0 aromatic carbocycles. The van der Waals surface area contributed by atoms with Crippen molar-refractivity contribution in [1.29, 1.82) is 0 Å². The SMILES string of the molecule is BC(CCC(B)C(=O)OCC)C(=O)OCC. The van der Waals surface area contributed by atoms with Crippen molar-refractivity contribution < 1.29 is 19.1 Å². The summed E-state index contributed by atoms with van der Waals surface area (Å²) in [5.41, 5.74) is 0. The van der Waals surface area contributed by atoms with Crippen LogP contribution in [-0.2, 0) is 19.1 Å². The molecule has 0 aliphatic rings. The van der Waals surface area contributed by atoms with Gasteiger partial charge >= 0.3 is 11.9 Å². The first kappa shape index (κ1) is 15.1. The molecule has 0 aliphatic heterocycles. The van der Waals surface area contributed by atoms with E-state index in [9.17, 15) is 9.59 Å². The fourth-order valence-corrected chi connectivity index (χ4v) is 1.30. The molecule has 90 valence electrons. The Morgan fingerprint density at radius 2 is 1.25 bits per heavy atom. The lowest BCUT2D eigenvalue weighted by atomic mass is 9.76. The minimum absolute atomic E-state index is 0.156. The van der Waals surface area contributed by atoms with Crippen molar-refractivity contribution in [2.24, 2.45) is 0 Å². The van der Waals surface area contributed by atoms with E-state index in [1.54, 1.807) is 13.8 Å². The van der Waals surface area contributed by atoms with E-state index < -0.39 is 0 Å². The molecular weight excluding hydrogens is 206 g/mol. The van der Waals surface area contributed by atoms with Crippen LogP contribution in [0.5, 0.6) is 0 Å². The summed E-state index contributed by atoms with van der Waals surface area (Å²) in [7, 11) is 3.63. The van der Waals surface area contributed by atoms with Crippen LogP contribution in [0.15, 0.2) is 0 Å². The Hall–Kier alpha value is -0.930. The number of ether oxygens (including phenoxy) is 2. The quantitative estimate of drug-likeness (QED) is 0.443. The van der Waals surface area contributed by atoms with Gasteiger partial charge in [-0.3, -0.25) is 9.59 Å². The third-order valence-corrected chi connectivity index (χ3v) is 2.41. The average Bonchev–Trinajstić information content (AvgIpc) is 2.25. The predicted octanol–water partition coefficient (Wildman–Crippen LogP) is -0.264. The van der Waals surface area contributed by atoms with Crippen LogP contribution in [0.1, 0.15) is 26.7 Å². The zero-order valence-electron chi connectivity index (χ0n) is 10.6. The molecule has 16 heavy (non-hydrogen) atoms. The molecule has 0 fully saturated rings. The van der Waals surface area contributed by atoms with Gasteiger partial charge in [0, 0.05) is 11.6 Å². The Morgan fingerprint density at radius 1 is 0.938 bits per heavy atom. The fourth-order valence-electron chi connectivity index (χ4n) is 1.30. The van der Waals surface area contributed by atoms with Gasteiger partial charge in [-0.1, -0.05) is 0 Å². The highest BCUT2D eigenvalue weighted by molar-refractivity contribution is 6.24. The number of hydrogen-bond donors (Lipinski definition) is 0. The Bertz CT molecular complexity index is 209. The molecule has 2 unspecified atom stereocenters. The van der Waals surface area contributed by atoms with Gasteiger partial charge in [0.05, 0.1) is 13.2 Å². The maximum Gasteiger partial charge on any atom is 0.300 e. The first-order valence-corrected chi connectivity index (χ1v) is 5.86. The van der Waals surface area contributed by atoms with E-state index in [0.717, 1.165) is 0 Å². The number of hydrogen-bond acceptors (Lipinski definition) is 4. The van der Waals surface area contributed by atoms with Gasteiger partial charge in [-0.05, 0) is 26.7 Å². The molecule has 0 saturated heterocycles. The molecule has 0 bridgehead atoms. The Kier molecular flexibility index (Phi) is 7.77. The van der Waals surface area contributed by atoms with Crippen LogP contribution in [-0.4, -0.2) is 40.8 Å². The van der Waals surface area contributed by atoms with Crippen molar-refractivity contribution in [3.63, 3.8) is 0 Å². The molecule has 2 atom stereocenters. The van der Waals surface area contributed by atoms with Crippen molar-refractivity contribution in [3.05, 3.63) is 0 Å². The lowest BCUT2D eigenvalue weighted by Crippen LogP contribution is -2.16. The molecular formula is C10H20B2O4. The number of carbonyl (C=O) groups excluding carboxylic acids is 2. The van der Waals surface area contributed by atoms with E-state index in [0.29, 0.717) is 26.1 Å². The Labute approximate surface area is 98.9 Å². The van der Waals surface area contributed by atoms with E-state index in [4.69, 9.17) is 9.47 Å². The minimum atomic E-state index is -0.196. The third-order valence-electron chi connectivity index (χ3n) is 2.41. The first-order chi connectivity index (χ1) is 7.52. The van der Waals surface area contributed by atoms with E-state index in [-0.39, 0.29) is 23.6 Å². The molecule has 0 rings (SSSR count). The lowest BCUT2D eigenvalue weighted by molar-refractivity contribution is -0.145. The van der Waals surface area contributed by atoms with Crippen LogP contribution in [0.4, 0.5) is 0 Å². The second-order valence-electron chi connectivity index (χ2n) is 3.88. The summed E-state index contributed by atoms with van der Waals surface area (Å²) < 4.78 is 9.78. The van der Waals surface area contributed by atoms with Gasteiger partial charge in [0.1, 0.15) is 15.7 Å². The molecule has 0 radical (unpaired) electrons. The van der Waals surface area contributed by atoms with Gasteiger partial charge in [-0.25, -0.2) is 0 Å². The highest BCUT2D eigenvalue weighted by Crippen LogP contribution is 2.18. The molecule has 6 heteroatoms. The van der Waals surface area contributed by atoms with Gasteiger partial charge in [-0.15, -0.1) is 0 Å². The second kappa shape index (κ2) is 8.25. The molecule has 0 heterocycles. The Balaban J connectivity index is 3.86. The molecule has 0 amide bonds. The van der Waals surface area contributed by atoms with Crippen molar-refractivity contribution in [3.8, 4) is 0 Å². The highest BCUT2D eigenvalue weighted by atomic mass is 16.5. The van der Waals surface area contributed by atoms with E-state index in [1.165, 1.54) is 0 Å². The second-order valence-corrected chi connectivity index (χ2v) is 3.88. The maximum atomic E-state index is 11.3. The highest BCUT2D eigenvalue weighted by Gasteiger charge is 2.19. The molecule has 0 aromatic rings. The molecule has 0 saturated carbocycles. The van der Waals surface area contributed by atoms with Gasteiger partial charge in [-0.2, -0.15) is 0 Å². The lowest BCUT2D eigenvalue weighted by Gasteiger charge is -2.13. The van der Waals surface area contributed by atoms with Crippen molar-refractivity contribution in [2.45, 2.75) is 38.3 Å². The molecule has 0 N–H and O–H groups in total. The summed E-state index contributed by atoms with van der Waals surface area (Å²) in [6.07, 6.45) is 1.30. The van der Waals surface area contributed by atoms with Crippen LogP contribution < -0.4 is 0 Å². The summed E-state index contributed by atoms with van der Waals surface area (Å²) in [5.74, 6) is -0.703. The van der Waals surface area contributed by atoms with Gasteiger partial charge < -0.3 is 9.47 Å². The fraction of sp³-hybridized carbons (Fsp3) is 0.800. The summed E-state index contributed by atoms with van der Waals surface area (Å²) in [4.78, 5) is 22.6. The van der Waals surface area contributed by atoms with Gasteiger partial charge in [0.15, 0.2) is 0 Å². The standard InChI is InChI=1S/C10H20B2O4/c1-3-15-9(13)7(11)5-6-8(12)10(14)16-4-2/h7-8H,3-6,11-12H2,1-2H3. The monoisotopic (exact) mass is 226 g/mol. The summed E-state index contributed by atoms with van der Waals surface area (Å²) in [5, 5.41) is 0. The van der Waals surface area contributed by atoms with E-state index in [2.05, 4.69) is 0 Å². The van der Waals surface area contributed by atoms with Crippen LogP contribution in [0.25, 0.3) is 0 Å². The zero-order valence-corrected chi connectivity index (χ0v) is 10.6. The number of rotatable bonds is 7. The molecule has 0 spiro atoms. The number of carbonyl (C=O) groups is 2. The zero-order chi connectivity index (χ0) is 12.6. The number of esters is 2. The predicted molar refractivity (Wildman–Crippen MR) is 67.1 cm³/mol. The van der Waals surface area contributed by atoms with Gasteiger partial charge in [0.2, 0.25) is 0 Å². The first-order valence-electron chi connectivity index (χ1n) is 5.86. The normalized spacial score (nSPS) is 13.9.